The Balaban J connectivity index is 1.66. The molecular formula is C22H29FN2O3. The van der Waals surface area contributed by atoms with Gasteiger partial charge in [0.2, 0.25) is 0 Å². The monoisotopic (exact) mass is 388 g/mol. The summed E-state index contributed by atoms with van der Waals surface area (Å²) in [6.07, 6.45) is 0. The van der Waals surface area contributed by atoms with Gasteiger partial charge in [-0.3, -0.25) is 4.90 Å². The molecule has 0 spiro atoms. The van der Waals surface area contributed by atoms with E-state index in [9.17, 15) is 4.39 Å². The third-order valence-electron chi connectivity index (χ3n) is 4.94. The molecule has 5 nitrogen and oxygen atoms in total. The van der Waals surface area contributed by atoms with Crippen LogP contribution in [0.3, 0.4) is 0 Å². The van der Waals surface area contributed by atoms with Crippen LogP contribution in [0.1, 0.15) is 24.1 Å². The van der Waals surface area contributed by atoms with Crippen LogP contribution in [0.2, 0.25) is 0 Å². The van der Waals surface area contributed by atoms with Crippen molar-refractivity contribution in [3.63, 3.8) is 0 Å². The first-order valence-corrected chi connectivity index (χ1v) is 9.79. The summed E-state index contributed by atoms with van der Waals surface area (Å²) in [7, 11) is 1.64. The van der Waals surface area contributed by atoms with E-state index in [1.54, 1.807) is 7.11 Å². The van der Waals surface area contributed by atoms with Gasteiger partial charge in [-0.1, -0.05) is 18.2 Å². The Kier molecular flexibility index (Phi) is 7.65. The van der Waals surface area contributed by atoms with E-state index in [0.717, 1.165) is 55.5 Å². The zero-order valence-corrected chi connectivity index (χ0v) is 16.6. The summed E-state index contributed by atoms with van der Waals surface area (Å²) in [5.41, 5.74) is 2.24. The van der Waals surface area contributed by atoms with Crippen molar-refractivity contribution in [2.45, 2.75) is 19.5 Å². The fraction of sp³-hybridized carbons (Fsp3) is 0.455. The van der Waals surface area contributed by atoms with Gasteiger partial charge in [-0.15, -0.1) is 0 Å². The Bertz CT molecular complexity index is 733. The van der Waals surface area contributed by atoms with Gasteiger partial charge in [0, 0.05) is 32.2 Å². The van der Waals surface area contributed by atoms with Gasteiger partial charge in [0.15, 0.2) is 11.5 Å². The van der Waals surface area contributed by atoms with Crippen LogP contribution in [0.5, 0.6) is 11.5 Å². The maximum Gasteiger partial charge on any atom is 0.161 e. The molecule has 28 heavy (non-hydrogen) atoms. The Morgan fingerprint density at radius 2 is 1.86 bits per heavy atom. The lowest BCUT2D eigenvalue weighted by molar-refractivity contribution is 0.0161. The van der Waals surface area contributed by atoms with Gasteiger partial charge >= 0.3 is 0 Å². The predicted octanol–water partition coefficient (Wildman–Crippen LogP) is 3.40. The number of methoxy groups -OCH3 is 1. The molecule has 1 saturated heterocycles. The smallest absolute Gasteiger partial charge is 0.161 e. The molecule has 1 unspecified atom stereocenters. The molecule has 0 saturated carbocycles. The van der Waals surface area contributed by atoms with Gasteiger partial charge in [0.05, 0.1) is 26.9 Å². The maximum absolute atomic E-state index is 13.4. The Hall–Kier alpha value is -2.15. The topological polar surface area (TPSA) is 43.0 Å². The molecule has 1 aliphatic heterocycles. The SMILES string of the molecule is CCOc1cc(CNCC(c2ccc(F)cc2)N2CCOCC2)ccc1OC. The van der Waals surface area contributed by atoms with Gasteiger partial charge in [0.25, 0.3) is 0 Å². The van der Waals surface area contributed by atoms with Gasteiger partial charge in [-0.25, -0.2) is 4.39 Å². The lowest BCUT2D eigenvalue weighted by Gasteiger charge is -2.35. The summed E-state index contributed by atoms with van der Waals surface area (Å²) in [4.78, 5) is 2.39. The lowest BCUT2D eigenvalue weighted by Crippen LogP contribution is -2.42. The van der Waals surface area contributed by atoms with Gasteiger partial charge in [-0.2, -0.15) is 0 Å². The van der Waals surface area contributed by atoms with Crippen molar-refractivity contribution in [3.05, 3.63) is 59.4 Å². The first kappa shape index (κ1) is 20.6. The van der Waals surface area contributed by atoms with Gasteiger partial charge < -0.3 is 19.5 Å². The molecule has 0 bridgehead atoms. The second-order valence-corrected chi connectivity index (χ2v) is 6.76. The Labute approximate surface area is 166 Å². The minimum Gasteiger partial charge on any atom is -0.493 e. The van der Waals surface area contributed by atoms with Gasteiger partial charge in [0.1, 0.15) is 5.82 Å². The molecule has 0 amide bonds. The third-order valence-corrected chi connectivity index (χ3v) is 4.94. The fourth-order valence-electron chi connectivity index (χ4n) is 3.48. The highest BCUT2D eigenvalue weighted by Crippen LogP contribution is 2.28. The van der Waals surface area contributed by atoms with Crippen LogP contribution in [0.4, 0.5) is 4.39 Å². The van der Waals surface area contributed by atoms with Crippen LogP contribution in [0.25, 0.3) is 0 Å². The van der Waals surface area contributed by atoms with E-state index in [0.29, 0.717) is 13.2 Å². The predicted molar refractivity (Wildman–Crippen MR) is 107 cm³/mol. The van der Waals surface area contributed by atoms with Crippen LogP contribution < -0.4 is 14.8 Å². The zero-order valence-electron chi connectivity index (χ0n) is 16.6. The maximum atomic E-state index is 13.4. The van der Waals surface area contributed by atoms with Crippen molar-refractivity contribution in [2.24, 2.45) is 0 Å². The number of hydrogen-bond acceptors (Lipinski definition) is 5. The summed E-state index contributed by atoms with van der Waals surface area (Å²) in [6, 6.07) is 13.0. The van der Waals surface area contributed by atoms with Crippen LogP contribution in [0.15, 0.2) is 42.5 Å². The number of halogens is 1. The van der Waals surface area contributed by atoms with E-state index in [4.69, 9.17) is 14.2 Å². The van der Waals surface area contributed by atoms with E-state index in [-0.39, 0.29) is 11.9 Å². The zero-order chi connectivity index (χ0) is 19.8. The molecule has 1 fully saturated rings. The van der Waals surface area contributed by atoms with Crippen LogP contribution in [-0.4, -0.2) is 51.5 Å². The number of hydrogen-bond donors (Lipinski definition) is 1. The highest BCUT2D eigenvalue weighted by Gasteiger charge is 2.22. The number of nitrogens with zero attached hydrogens (tertiary/aromatic N) is 1. The summed E-state index contributed by atoms with van der Waals surface area (Å²) in [5, 5.41) is 3.55. The second-order valence-electron chi connectivity index (χ2n) is 6.76. The van der Waals surface area contributed by atoms with E-state index >= 15 is 0 Å². The molecule has 1 atom stereocenters. The summed E-state index contributed by atoms with van der Waals surface area (Å²) >= 11 is 0. The average molecular weight is 388 g/mol. The van der Waals surface area contributed by atoms with Crippen molar-refractivity contribution in [1.29, 1.82) is 0 Å². The third kappa shape index (κ3) is 5.44. The highest BCUT2D eigenvalue weighted by atomic mass is 19.1. The standard InChI is InChI=1S/C22H29FN2O3/c1-3-28-22-14-17(4-9-21(22)26-2)15-24-16-20(25-10-12-27-13-11-25)18-5-7-19(23)8-6-18/h4-9,14,20,24H,3,10-13,15-16H2,1-2H3. The van der Waals surface area contributed by atoms with E-state index < -0.39 is 0 Å². The quantitative estimate of drug-likeness (QED) is 0.713. The summed E-state index contributed by atoms with van der Waals surface area (Å²) in [6.45, 7) is 7.24. The molecule has 0 aromatic heterocycles. The lowest BCUT2D eigenvalue weighted by atomic mass is 10.0. The normalized spacial score (nSPS) is 16.0. The fourth-order valence-corrected chi connectivity index (χ4v) is 3.48. The van der Waals surface area contributed by atoms with Crippen LogP contribution in [-0.2, 0) is 11.3 Å². The molecule has 1 N–H and O–H groups in total. The van der Waals surface area contributed by atoms with Crippen molar-refractivity contribution in [3.8, 4) is 11.5 Å². The summed E-state index contributed by atoms with van der Waals surface area (Å²) in [5.74, 6) is 1.29. The molecule has 1 heterocycles. The minimum absolute atomic E-state index is 0.175. The van der Waals surface area contributed by atoms with E-state index in [1.807, 2.05) is 37.3 Å². The molecule has 2 aromatic carbocycles. The van der Waals surface area contributed by atoms with E-state index in [2.05, 4.69) is 10.2 Å². The average Bonchev–Trinajstić information content (AvgIpc) is 2.73. The van der Waals surface area contributed by atoms with Crippen molar-refractivity contribution in [1.82, 2.24) is 10.2 Å². The molecule has 152 valence electrons. The number of morpholine rings is 1. The molecule has 2 aromatic rings. The van der Waals surface area contributed by atoms with Crippen molar-refractivity contribution in [2.75, 3.05) is 46.6 Å². The largest absolute Gasteiger partial charge is 0.493 e. The van der Waals surface area contributed by atoms with Crippen LogP contribution >= 0.6 is 0 Å². The molecule has 0 radical (unpaired) electrons. The molecular weight excluding hydrogens is 359 g/mol. The minimum atomic E-state index is -0.209. The van der Waals surface area contributed by atoms with E-state index in [1.165, 1.54) is 12.1 Å². The molecule has 1 aliphatic rings. The van der Waals surface area contributed by atoms with Crippen molar-refractivity contribution < 1.29 is 18.6 Å². The number of benzene rings is 2. The molecule has 6 heteroatoms. The number of nitrogens with one attached hydrogen (secondary N) is 1. The Morgan fingerprint density at radius 3 is 2.54 bits per heavy atom. The highest BCUT2D eigenvalue weighted by molar-refractivity contribution is 5.43. The van der Waals surface area contributed by atoms with Crippen LogP contribution in [0, 0.1) is 5.82 Å². The van der Waals surface area contributed by atoms with Gasteiger partial charge in [-0.05, 0) is 42.3 Å². The molecule has 0 aliphatic carbocycles. The van der Waals surface area contributed by atoms with Crippen molar-refractivity contribution >= 4 is 0 Å². The first-order valence-electron chi connectivity index (χ1n) is 9.79. The first-order chi connectivity index (χ1) is 13.7. The summed E-state index contributed by atoms with van der Waals surface area (Å²) < 4.78 is 29.9. The molecule has 3 rings (SSSR count). The second kappa shape index (κ2) is 10.4. The Morgan fingerprint density at radius 1 is 1.11 bits per heavy atom. The number of rotatable bonds is 9. The number of ether oxygens (including phenoxy) is 3.